The Morgan fingerprint density at radius 2 is 2.00 bits per heavy atom. The van der Waals surface area contributed by atoms with E-state index in [0.717, 1.165) is 15.9 Å². The van der Waals surface area contributed by atoms with Gasteiger partial charge in [0.05, 0.1) is 4.47 Å². The fourth-order valence-corrected chi connectivity index (χ4v) is 2.03. The lowest BCUT2D eigenvalue weighted by Gasteiger charge is -2.02. The van der Waals surface area contributed by atoms with Crippen molar-refractivity contribution >= 4 is 39.9 Å². The van der Waals surface area contributed by atoms with E-state index in [1.165, 1.54) is 4.90 Å². The van der Waals surface area contributed by atoms with Crippen LogP contribution >= 0.6 is 39.9 Å². The number of aromatic nitrogens is 2. The van der Waals surface area contributed by atoms with Gasteiger partial charge in [-0.15, -0.1) is 11.8 Å². The zero-order valence-electron chi connectivity index (χ0n) is 8.53. The molecule has 82 valence electrons. The minimum absolute atomic E-state index is 0.666. The van der Waals surface area contributed by atoms with Gasteiger partial charge in [-0.1, -0.05) is 24.4 Å². The molecule has 0 aliphatic rings. The number of halogens is 1. The van der Waals surface area contributed by atoms with E-state index in [1.807, 2.05) is 12.1 Å². The second-order valence-corrected chi connectivity index (χ2v) is 5.28. The van der Waals surface area contributed by atoms with E-state index < -0.39 is 0 Å². The summed E-state index contributed by atoms with van der Waals surface area (Å²) in [5.41, 5.74) is 1.04. The fraction of sp³-hybridized carbons (Fsp3) is 0.0909. The number of thioether (sulfide) groups is 1. The van der Waals surface area contributed by atoms with Gasteiger partial charge in [-0.05, 0) is 34.3 Å². The highest BCUT2D eigenvalue weighted by Gasteiger charge is 2.00. The number of rotatable bonds is 2. The van der Waals surface area contributed by atoms with Crippen LogP contribution in [0.5, 0.6) is 0 Å². The molecule has 0 atom stereocenters. The van der Waals surface area contributed by atoms with E-state index in [0.29, 0.717) is 4.64 Å². The average molecular weight is 313 g/mol. The third-order valence-electron chi connectivity index (χ3n) is 2.12. The molecular formula is C11H9BrN2S2. The van der Waals surface area contributed by atoms with Crippen LogP contribution < -0.4 is 0 Å². The second kappa shape index (κ2) is 5.12. The summed E-state index contributed by atoms with van der Waals surface area (Å²) in [5, 5.41) is 0. The van der Waals surface area contributed by atoms with Crippen LogP contribution in [0.2, 0.25) is 0 Å². The summed E-state index contributed by atoms with van der Waals surface area (Å²) < 4.78 is 1.48. The molecular weight excluding hydrogens is 304 g/mol. The largest absolute Gasteiger partial charge is 0.330 e. The van der Waals surface area contributed by atoms with Crippen molar-refractivity contribution in [3.63, 3.8) is 0 Å². The van der Waals surface area contributed by atoms with E-state index in [9.17, 15) is 0 Å². The first-order valence-corrected chi connectivity index (χ1v) is 7.02. The van der Waals surface area contributed by atoms with Crippen molar-refractivity contribution in [2.75, 3.05) is 6.26 Å². The van der Waals surface area contributed by atoms with E-state index in [-0.39, 0.29) is 0 Å². The lowest BCUT2D eigenvalue weighted by atomic mass is 10.2. The van der Waals surface area contributed by atoms with Crippen molar-refractivity contribution in [3.8, 4) is 11.4 Å². The highest BCUT2D eigenvalue weighted by molar-refractivity contribution is 9.10. The first-order chi connectivity index (χ1) is 7.70. The molecule has 0 spiro atoms. The highest BCUT2D eigenvalue weighted by Crippen LogP contribution is 2.21. The number of aromatic amines is 1. The average Bonchev–Trinajstić information content (AvgIpc) is 2.33. The van der Waals surface area contributed by atoms with Crippen molar-refractivity contribution in [3.05, 3.63) is 39.6 Å². The maximum atomic E-state index is 5.14. The summed E-state index contributed by atoms with van der Waals surface area (Å²) in [6.07, 6.45) is 3.77. The molecule has 0 fully saturated rings. The Morgan fingerprint density at radius 3 is 2.56 bits per heavy atom. The summed E-state index contributed by atoms with van der Waals surface area (Å²) in [6, 6.07) is 8.21. The monoisotopic (exact) mass is 312 g/mol. The van der Waals surface area contributed by atoms with Gasteiger partial charge in [0.2, 0.25) is 0 Å². The predicted molar refractivity (Wildman–Crippen MR) is 74.3 cm³/mol. The van der Waals surface area contributed by atoms with E-state index >= 15 is 0 Å². The SMILES string of the molecule is CSc1ccc(-c2ncc(Br)c(=S)[nH]2)cc1. The smallest absolute Gasteiger partial charge is 0.138 e. The van der Waals surface area contributed by atoms with Crippen molar-refractivity contribution in [1.82, 2.24) is 9.97 Å². The quantitative estimate of drug-likeness (QED) is 0.662. The van der Waals surface area contributed by atoms with Gasteiger partial charge < -0.3 is 4.98 Å². The lowest BCUT2D eigenvalue weighted by molar-refractivity contribution is 1.14. The highest BCUT2D eigenvalue weighted by atomic mass is 79.9. The Labute approximate surface area is 112 Å². The van der Waals surface area contributed by atoms with Gasteiger partial charge in [-0.2, -0.15) is 0 Å². The lowest BCUT2D eigenvalue weighted by Crippen LogP contribution is -1.89. The molecule has 0 amide bonds. The summed E-state index contributed by atoms with van der Waals surface area (Å²) in [4.78, 5) is 8.60. The van der Waals surface area contributed by atoms with E-state index in [4.69, 9.17) is 12.2 Å². The number of nitrogens with zero attached hydrogens (tertiary/aromatic N) is 1. The third-order valence-corrected chi connectivity index (χ3v) is 4.05. The molecule has 0 saturated carbocycles. The van der Waals surface area contributed by atoms with E-state index in [2.05, 4.69) is 44.3 Å². The van der Waals surface area contributed by atoms with Crippen LogP contribution in [0.4, 0.5) is 0 Å². The molecule has 0 aliphatic carbocycles. The molecule has 1 heterocycles. The van der Waals surface area contributed by atoms with Gasteiger partial charge >= 0.3 is 0 Å². The van der Waals surface area contributed by atoms with Gasteiger partial charge in [0, 0.05) is 16.7 Å². The zero-order chi connectivity index (χ0) is 11.5. The molecule has 0 unspecified atom stereocenters. The topological polar surface area (TPSA) is 28.7 Å². The molecule has 1 aromatic carbocycles. The van der Waals surface area contributed by atoms with Crippen LogP contribution in [0.15, 0.2) is 39.8 Å². The molecule has 0 radical (unpaired) electrons. The first kappa shape index (κ1) is 11.8. The second-order valence-electron chi connectivity index (χ2n) is 3.14. The molecule has 2 nitrogen and oxygen atoms in total. The van der Waals surface area contributed by atoms with Crippen molar-refractivity contribution in [1.29, 1.82) is 0 Å². The zero-order valence-corrected chi connectivity index (χ0v) is 11.7. The Balaban J connectivity index is 2.42. The molecule has 1 aromatic heterocycles. The Kier molecular flexibility index (Phi) is 3.78. The molecule has 5 heteroatoms. The van der Waals surface area contributed by atoms with Gasteiger partial charge in [0.15, 0.2) is 0 Å². The van der Waals surface area contributed by atoms with Crippen molar-refractivity contribution < 1.29 is 0 Å². The summed E-state index contributed by atoms with van der Waals surface area (Å²) in [7, 11) is 0. The number of H-pyrrole nitrogens is 1. The van der Waals surface area contributed by atoms with Crippen LogP contribution in [0, 0.1) is 4.64 Å². The maximum Gasteiger partial charge on any atom is 0.138 e. The fourth-order valence-electron chi connectivity index (χ4n) is 1.27. The Bertz CT molecular complexity index is 549. The molecule has 0 saturated heterocycles. The van der Waals surface area contributed by atoms with Gasteiger partial charge in [0.25, 0.3) is 0 Å². The molecule has 16 heavy (non-hydrogen) atoms. The van der Waals surface area contributed by atoms with Crippen LogP contribution in [0.25, 0.3) is 11.4 Å². The minimum Gasteiger partial charge on any atom is -0.330 e. The van der Waals surface area contributed by atoms with Crippen LogP contribution in [0.3, 0.4) is 0 Å². The predicted octanol–water partition coefficient (Wildman–Crippen LogP) is 4.29. The molecule has 2 rings (SSSR count). The molecule has 0 bridgehead atoms. The Hall–Kier alpha value is -0.650. The molecule has 0 aliphatic heterocycles. The summed E-state index contributed by atoms with van der Waals surface area (Å²) in [6.45, 7) is 0. The number of nitrogens with one attached hydrogen (secondary N) is 1. The number of hydrogen-bond donors (Lipinski definition) is 1. The first-order valence-electron chi connectivity index (χ1n) is 4.60. The number of hydrogen-bond acceptors (Lipinski definition) is 3. The van der Waals surface area contributed by atoms with Gasteiger partial charge in [0.1, 0.15) is 10.5 Å². The third kappa shape index (κ3) is 2.53. The summed E-state index contributed by atoms with van der Waals surface area (Å²) in [5.74, 6) is 0.792. The van der Waals surface area contributed by atoms with Gasteiger partial charge in [-0.25, -0.2) is 4.98 Å². The van der Waals surface area contributed by atoms with Crippen LogP contribution in [0.1, 0.15) is 0 Å². The van der Waals surface area contributed by atoms with Crippen LogP contribution in [-0.4, -0.2) is 16.2 Å². The standard InChI is InChI=1S/C11H9BrN2S2/c1-16-8-4-2-7(3-5-8)10-13-6-9(12)11(15)14-10/h2-6H,1H3,(H,13,14,15). The van der Waals surface area contributed by atoms with Crippen molar-refractivity contribution in [2.45, 2.75) is 4.90 Å². The van der Waals surface area contributed by atoms with Crippen molar-refractivity contribution in [2.24, 2.45) is 0 Å². The summed E-state index contributed by atoms with van der Waals surface area (Å²) >= 11 is 10.2. The minimum atomic E-state index is 0.666. The normalized spacial score (nSPS) is 10.4. The Morgan fingerprint density at radius 1 is 1.31 bits per heavy atom. The van der Waals surface area contributed by atoms with E-state index in [1.54, 1.807) is 18.0 Å². The van der Waals surface area contributed by atoms with Crippen LogP contribution in [-0.2, 0) is 0 Å². The van der Waals surface area contributed by atoms with Gasteiger partial charge in [-0.3, -0.25) is 0 Å². The number of benzene rings is 1. The molecule has 2 aromatic rings. The maximum absolute atomic E-state index is 5.14. The molecule has 1 N–H and O–H groups in total.